The average molecular weight is 327 g/mol. The van der Waals surface area contributed by atoms with Gasteiger partial charge < -0.3 is 19.8 Å². The number of aliphatic hydroxyl groups is 1. The number of likely N-dealkylation sites (tertiary alicyclic amines) is 1. The zero-order valence-corrected chi connectivity index (χ0v) is 14.4. The fourth-order valence-electron chi connectivity index (χ4n) is 3.77. The molecular weight excluding hydrogens is 298 g/mol. The van der Waals surface area contributed by atoms with Crippen LogP contribution in [0.4, 0.5) is 4.79 Å². The molecule has 6 nitrogen and oxygen atoms in total. The van der Waals surface area contributed by atoms with Crippen LogP contribution in [0.15, 0.2) is 0 Å². The molecule has 1 saturated heterocycles. The van der Waals surface area contributed by atoms with Gasteiger partial charge >= 0.3 is 12.1 Å². The predicted molar refractivity (Wildman–Crippen MR) is 85.1 cm³/mol. The summed E-state index contributed by atoms with van der Waals surface area (Å²) < 4.78 is 5.34. The van der Waals surface area contributed by atoms with E-state index in [1.165, 1.54) is 4.90 Å². The van der Waals surface area contributed by atoms with Crippen LogP contribution in [0.25, 0.3) is 0 Å². The van der Waals surface area contributed by atoms with E-state index in [4.69, 9.17) is 4.74 Å². The van der Waals surface area contributed by atoms with Crippen LogP contribution in [0, 0.1) is 5.41 Å². The molecule has 1 aliphatic heterocycles. The minimum atomic E-state index is -1.07. The molecule has 6 heteroatoms. The number of carbonyl (C=O) groups is 2. The number of ether oxygens (including phenoxy) is 1. The van der Waals surface area contributed by atoms with E-state index in [1.54, 1.807) is 20.8 Å². The lowest BCUT2D eigenvalue weighted by Crippen LogP contribution is -2.45. The van der Waals surface area contributed by atoms with Crippen molar-refractivity contribution in [2.24, 2.45) is 5.41 Å². The van der Waals surface area contributed by atoms with E-state index in [-0.39, 0.29) is 13.0 Å². The lowest BCUT2D eigenvalue weighted by molar-refractivity contribution is -0.153. The van der Waals surface area contributed by atoms with Gasteiger partial charge in [-0.1, -0.05) is 19.3 Å². The fourth-order valence-corrected chi connectivity index (χ4v) is 3.77. The molecule has 1 amide bonds. The third kappa shape index (κ3) is 4.37. The fraction of sp³-hybridized carbons (Fsp3) is 0.882. The number of carboxylic acid groups (broad SMARTS) is 1. The molecule has 132 valence electrons. The number of amides is 1. The average Bonchev–Trinajstić information content (AvgIpc) is 2.82. The Morgan fingerprint density at radius 2 is 1.74 bits per heavy atom. The van der Waals surface area contributed by atoms with Crippen molar-refractivity contribution < 1.29 is 24.5 Å². The molecule has 0 aromatic carbocycles. The molecule has 1 aliphatic carbocycles. The zero-order valence-electron chi connectivity index (χ0n) is 14.4. The number of carboxylic acids is 1. The molecule has 0 aromatic heterocycles. The minimum Gasteiger partial charge on any atom is -0.481 e. The Labute approximate surface area is 137 Å². The molecule has 2 fully saturated rings. The summed E-state index contributed by atoms with van der Waals surface area (Å²) in [4.78, 5) is 25.6. The normalized spacial score (nSPS) is 27.7. The van der Waals surface area contributed by atoms with Crippen molar-refractivity contribution in [1.29, 1.82) is 0 Å². The maximum Gasteiger partial charge on any atom is 0.410 e. The molecule has 1 unspecified atom stereocenters. The van der Waals surface area contributed by atoms with E-state index >= 15 is 0 Å². The molecule has 0 radical (unpaired) electrons. The second-order valence-electron chi connectivity index (χ2n) is 8.20. The quantitative estimate of drug-likeness (QED) is 0.832. The summed E-state index contributed by atoms with van der Waals surface area (Å²) in [6, 6.07) is 0. The van der Waals surface area contributed by atoms with Crippen molar-refractivity contribution in [2.75, 3.05) is 13.1 Å². The van der Waals surface area contributed by atoms with Gasteiger partial charge in [0.25, 0.3) is 0 Å². The van der Waals surface area contributed by atoms with Gasteiger partial charge in [-0.05, 0) is 46.5 Å². The van der Waals surface area contributed by atoms with Crippen LogP contribution in [-0.2, 0) is 9.53 Å². The van der Waals surface area contributed by atoms with Crippen LogP contribution in [0.2, 0.25) is 0 Å². The number of hydrogen-bond acceptors (Lipinski definition) is 4. The van der Waals surface area contributed by atoms with Gasteiger partial charge in [-0.25, -0.2) is 4.79 Å². The standard InChI is InChI=1S/C17H29NO5/c1-15(2,3)23-14(21)18-10-9-16(12-18,13(19)20)11-17(22)7-5-4-6-8-17/h22H,4-12H2,1-3H3,(H,19,20). The summed E-state index contributed by atoms with van der Waals surface area (Å²) in [6.45, 7) is 5.83. The Balaban J connectivity index is 2.08. The van der Waals surface area contributed by atoms with E-state index in [0.717, 1.165) is 19.3 Å². The number of hydrogen-bond donors (Lipinski definition) is 2. The topological polar surface area (TPSA) is 87.1 Å². The lowest BCUT2D eigenvalue weighted by Gasteiger charge is -2.38. The summed E-state index contributed by atoms with van der Waals surface area (Å²) in [5.41, 5.74) is -2.59. The summed E-state index contributed by atoms with van der Waals surface area (Å²) in [5.74, 6) is -0.928. The smallest absolute Gasteiger partial charge is 0.410 e. The maximum atomic E-state index is 12.2. The van der Waals surface area contributed by atoms with Crippen LogP contribution in [0.3, 0.4) is 0 Å². The molecule has 0 bridgehead atoms. The van der Waals surface area contributed by atoms with Crippen LogP contribution in [-0.4, -0.2) is 51.5 Å². The predicted octanol–water partition coefficient (Wildman–Crippen LogP) is 2.78. The number of rotatable bonds is 3. The second-order valence-corrected chi connectivity index (χ2v) is 8.20. The minimum absolute atomic E-state index is 0.111. The van der Waals surface area contributed by atoms with E-state index in [9.17, 15) is 19.8 Å². The number of nitrogens with zero attached hydrogens (tertiary/aromatic N) is 1. The van der Waals surface area contributed by atoms with Crippen molar-refractivity contribution in [3.8, 4) is 0 Å². The number of aliphatic carboxylic acids is 1. The Bertz CT molecular complexity index is 464. The molecule has 0 aromatic rings. The maximum absolute atomic E-state index is 12.2. The van der Waals surface area contributed by atoms with Crippen molar-refractivity contribution >= 4 is 12.1 Å². The highest BCUT2D eigenvalue weighted by Gasteiger charge is 2.51. The van der Waals surface area contributed by atoms with Gasteiger partial charge in [-0.2, -0.15) is 0 Å². The molecule has 2 aliphatic rings. The van der Waals surface area contributed by atoms with Crippen LogP contribution >= 0.6 is 0 Å². The van der Waals surface area contributed by atoms with Gasteiger partial charge in [0.1, 0.15) is 5.60 Å². The lowest BCUT2D eigenvalue weighted by atomic mass is 9.71. The molecule has 0 spiro atoms. The Morgan fingerprint density at radius 3 is 2.26 bits per heavy atom. The highest BCUT2D eigenvalue weighted by molar-refractivity contribution is 5.78. The Morgan fingerprint density at radius 1 is 1.13 bits per heavy atom. The molecule has 2 rings (SSSR count). The number of carbonyl (C=O) groups excluding carboxylic acids is 1. The third-order valence-corrected chi connectivity index (χ3v) is 4.91. The first-order chi connectivity index (χ1) is 10.6. The van der Waals surface area contributed by atoms with E-state index < -0.39 is 28.7 Å². The largest absolute Gasteiger partial charge is 0.481 e. The summed E-state index contributed by atoms with van der Waals surface area (Å²) >= 11 is 0. The Hall–Kier alpha value is -1.30. The molecular formula is C17H29NO5. The first-order valence-corrected chi connectivity index (χ1v) is 8.49. The monoisotopic (exact) mass is 327 g/mol. The highest BCUT2D eigenvalue weighted by atomic mass is 16.6. The zero-order chi connectivity index (χ0) is 17.3. The molecule has 1 heterocycles. The highest BCUT2D eigenvalue weighted by Crippen LogP contribution is 2.43. The van der Waals surface area contributed by atoms with Gasteiger partial charge in [-0.15, -0.1) is 0 Å². The van der Waals surface area contributed by atoms with Crippen molar-refractivity contribution in [3.63, 3.8) is 0 Å². The van der Waals surface area contributed by atoms with Crippen LogP contribution < -0.4 is 0 Å². The van der Waals surface area contributed by atoms with Crippen molar-refractivity contribution in [1.82, 2.24) is 4.90 Å². The molecule has 1 atom stereocenters. The van der Waals surface area contributed by atoms with E-state index in [0.29, 0.717) is 25.8 Å². The van der Waals surface area contributed by atoms with Gasteiger partial charge in [-0.3, -0.25) is 4.79 Å². The molecule has 2 N–H and O–H groups in total. The summed E-state index contributed by atoms with van der Waals surface area (Å²) in [5, 5.41) is 20.5. The van der Waals surface area contributed by atoms with Crippen molar-refractivity contribution in [2.45, 2.75) is 76.9 Å². The Kier molecular flexibility index (Phi) is 4.95. The SMILES string of the molecule is CC(C)(C)OC(=O)N1CCC(CC2(O)CCCCC2)(C(=O)O)C1. The van der Waals surface area contributed by atoms with E-state index in [2.05, 4.69) is 0 Å². The van der Waals surface area contributed by atoms with Gasteiger partial charge in [0, 0.05) is 13.1 Å². The van der Waals surface area contributed by atoms with Gasteiger partial charge in [0.05, 0.1) is 11.0 Å². The second kappa shape index (κ2) is 6.30. The first kappa shape index (κ1) is 18.0. The summed E-state index contributed by atoms with van der Waals surface area (Å²) in [7, 11) is 0. The molecule has 1 saturated carbocycles. The van der Waals surface area contributed by atoms with E-state index in [1.807, 2.05) is 0 Å². The van der Waals surface area contributed by atoms with Gasteiger partial charge in [0.2, 0.25) is 0 Å². The summed E-state index contributed by atoms with van der Waals surface area (Å²) in [6.07, 6.45) is 4.36. The molecule has 23 heavy (non-hydrogen) atoms. The van der Waals surface area contributed by atoms with Crippen LogP contribution in [0.5, 0.6) is 0 Å². The van der Waals surface area contributed by atoms with Crippen LogP contribution in [0.1, 0.15) is 65.7 Å². The van der Waals surface area contributed by atoms with Crippen molar-refractivity contribution in [3.05, 3.63) is 0 Å². The third-order valence-electron chi connectivity index (χ3n) is 4.91. The van der Waals surface area contributed by atoms with Gasteiger partial charge in [0.15, 0.2) is 0 Å². The first-order valence-electron chi connectivity index (χ1n) is 8.49.